The minimum atomic E-state index is 0.0620. The molecule has 11 heavy (non-hydrogen) atoms. The van der Waals surface area contributed by atoms with Gasteiger partial charge in [-0.2, -0.15) is 0 Å². The molecule has 0 spiro atoms. The average Bonchev–Trinajstić information content (AvgIpc) is 2.31. The molecule has 1 unspecified atom stereocenters. The largest absolute Gasteiger partial charge is 0.361 e. The highest BCUT2D eigenvalue weighted by Gasteiger charge is 1.94. The molecule has 1 aromatic heterocycles. The molecular formula is C8H12N2O. The van der Waals surface area contributed by atoms with Crippen molar-refractivity contribution in [2.75, 3.05) is 0 Å². The molecule has 2 N–H and O–H groups in total. The van der Waals surface area contributed by atoms with Gasteiger partial charge in [-0.3, -0.25) is 0 Å². The topological polar surface area (TPSA) is 52.0 Å². The van der Waals surface area contributed by atoms with Crippen molar-refractivity contribution in [3.63, 3.8) is 0 Å². The third-order valence-electron chi connectivity index (χ3n) is 1.22. The van der Waals surface area contributed by atoms with Crippen molar-refractivity contribution >= 4 is 6.08 Å². The van der Waals surface area contributed by atoms with Crippen LogP contribution in [0.4, 0.5) is 0 Å². The molecular weight excluding hydrogens is 140 g/mol. The first-order chi connectivity index (χ1) is 5.18. The fourth-order valence-electron chi connectivity index (χ4n) is 0.715. The summed E-state index contributed by atoms with van der Waals surface area (Å²) in [5, 5.41) is 3.77. The Morgan fingerprint density at radius 1 is 1.73 bits per heavy atom. The van der Waals surface area contributed by atoms with Gasteiger partial charge >= 0.3 is 0 Å². The first-order valence-corrected chi connectivity index (χ1v) is 3.55. The monoisotopic (exact) mass is 152 g/mol. The van der Waals surface area contributed by atoms with Crippen molar-refractivity contribution < 1.29 is 4.52 Å². The number of nitrogens with two attached hydrogens (primary N) is 1. The molecule has 0 fully saturated rings. The van der Waals surface area contributed by atoms with Crippen LogP contribution in [0.3, 0.4) is 0 Å². The fraction of sp³-hybridized carbons (Fsp3) is 0.375. The van der Waals surface area contributed by atoms with E-state index in [1.807, 2.05) is 32.1 Å². The molecule has 0 radical (unpaired) electrons. The maximum Gasteiger partial charge on any atom is 0.134 e. The molecule has 0 bridgehead atoms. The van der Waals surface area contributed by atoms with Gasteiger partial charge in [-0.05, 0) is 19.9 Å². The van der Waals surface area contributed by atoms with E-state index in [0.717, 1.165) is 11.5 Å². The van der Waals surface area contributed by atoms with Crippen molar-refractivity contribution in [1.82, 2.24) is 5.16 Å². The van der Waals surface area contributed by atoms with E-state index in [2.05, 4.69) is 5.16 Å². The summed E-state index contributed by atoms with van der Waals surface area (Å²) in [6.07, 6.45) is 3.72. The Hall–Kier alpha value is -1.09. The Morgan fingerprint density at radius 3 is 2.91 bits per heavy atom. The van der Waals surface area contributed by atoms with Crippen LogP contribution in [0.15, 0.2) is 16.7 Å². The van der Waals surface area contributed by atoms with Crippen LogP contribution >= 0.6 is 0 Å². The summed E-state index contributed by atoms with van der Waals surface area (Å²) in [4.78, 5) is 0. The van der Waals surface area contributed by atoms with Crippen LogP contribution in [-0.2, 0) is 0 Å². The zero-order valence-corrected chi connectivity index (χ0v) is 6.74. The van der Waals surface area contributed by atoms with Gasteiger partial charge in [-0.25, -0.2) is 0 Å². The van der Waals surface area contributed by atoms with Crippen molar-refractivity contribution in [1.29, 1.82) is 0 Å². The van der Waals surface area contributed by atoms with Crippen molar-refractivity contribution in [3.8, 4) is 0 Å². The molecule has 3 nitrogen and oxygen atoms in total. The Balaban J connectivity index is 2.64. The first kappa shape index (κ1) is 8.01. The third kappa shape index (κ3) is 2.55. The maximum atomic E-state index is 5.50. The highest BCUT2D eigenvalue weighted by molar-refractivity contribution is 5.44. The van der Waals surface area contributed by atoms with Crippen LogP contribution in [-0.4, -0.2) is 11.2 Å². The number of nitrogens with zero attached hydrogens (tertiary/aromatic N) is 1. The Kier molecular flexibility index (Phi) is 2.44. The lowest BCUT2D eigenvalue weighted by Crippen LogP contribution is -2.09. The molecule has 60 valence electrons. The van der Waals surface area contributed by atoms with Crippen LogP contribution in [0.1, 0.15) is 18.4 Å². The summed E-state index contributed by atoms with van der Waals surface area (Å²) in [5.41, 5.74) is 6.32. The minimum absolute atomic E-state index is 0.0620. The molecule has 0 aliphatic rings. The van der Waals surface area contributed by atoms with Gasteiger partial charge in [0.15, 0.2) is 0 Å². The molecule has 0 amide bonds. The summed E-state index contributed by atoms with van der Waals surface area (Å²) in [5.74, 6) is 0.814. The normalized spacial score (nSPS) is 14.1. The molecule has 0 aliphatic heterocycles. The van der Waals surface area contributed by atoms with E-state index in [1.165, 1.54) is 0 Å². The molecule has 1 rings (SSSR count). The molecule has 0 aliphatic carbocycles. The Morgan fingerprint density at radius 2 is 2.45 bits per heavy atom. The highest BCUT2D eigenvalue weighted by Crippen LogP contribution is 2.03. The quantitative estimate of drug-likeness (QED) is 0.695. The number of hydrogen-bond acceptors (Lipinski definition) is 3. The molecule has 3 heteroatoms. The summed E-state index contributed by atoms with van der Waals surface area (Å²) in [6, 6.07) is 1.92. The summed E-state index contributed by atoms with van der Waals surface area (Å²) in [7, 11) is 0. The van der Waals surface area contributed by atoms with Crippen LogP contribution in [0, 0.1) is 6.92 Å². The lowest BCUT2D eigenvalue weighted by Gasteiger charge is -1.90. The molecule has 1 atom stereocenters. The Bertz CT molecular complexity index is 250. The van der Waals surface area contributed by atoms with Gasteiger partial charge < -0.3 is 10.3 Å². The molecule has 1 aromatic rings. The molecule has 0 aromatic carbocycles. The second kappa shape index (κ2) is 3.34. The number of aromatic nitrogens is 1. The van der Waals surface area contributed by atoms with Gasteiger partial charge in [0.1, 0.15) is 11.5 Å². The van der Waals surface area contributed by atoms with E-state index in [4.69, 9.17) is 10.3 Å². The van der Waals surface area contributed by atoms with E-state index in [1.54, 1.807) is 0 Å². The van der Waals surface area contributed by atoms with E-state index < -0.39 is 0 Å². The fourth-order valence-corrected chi connectivity index (χ4v) is 0.715. The molecule has 0 saturated carbocycles. The van der Waals surface area contributed by atoms with Crippen LogP contribution in [0.2, 0.25) is 0 Å². The number of hydrogen-bond donors (Lipinski definition) is 1. The van der Waals surface area contributed by atoms with E-state index >= 15 is 0 Å². The third-order valence-corrected chi connectivity index (χ3v) is 1.22. The maximum absolute atomic E-state index is 5.50. The van der Waals surface area contributed by atoms with Crippen molar-refractivity contribution in [3.05, 3.63) is 23.6 Å². The summed E-state index contributed by atoms with van der Waals surface area (Å²) < 4.78 is 4.85. The van der Waals surface area contributed by atoms with Gasteiger partial charge in [0.25, 0.3) is 0 Å². The number of rotatable bonds is 2. The van der Waals surface area contributed by atoms with Crippen molar-refractivity contribution in [2.45, 2.75) is 19.9 Å². The first-order valence-electron chi connectivity index (χ1n) is 3.55. The smallest absolute Gasteiger partial charge is 0.134 e. The Labute approximate surface area is 65.9 Å². The van der Waals surface area contributed by atoms with Crippen LogP contribution < -0.4 is 5.73 Å². The van der Waals surface area contributed by atoms with Gasteiger partial charge in [0.05, 0.1) is 0 Å². The van der Waals surface area contributed by atoms with Crippen LogP contribution in [0.5, 0.6) is 0 Å². The van der Waals surface area contributed by atoms with Gasteiger partial charge in [-0.1, -0.05) is 11.2 Å². The minimum Gasteiger partial charge on any atom is -0.361 e. The SMILES string of the molecule is Cc1cc(/C=C/C(C)N)no1. The summed E-state index contributed by atoms with van der Waals surface area (Å²) >= 11 is 0. The zero-order valence-electron chi connectivity index (χ0n) is 6.74. The molecule has 0 saturated heterocycles. The standard InChI is InChI=1S/C8H12N2O/c1-6(9)3-4-8-5-7(2)11-10-8/h3-6H,9H2,1-2H3/b4-3+. The second-order valence-electron chi connectivity index (χ2n) is 2.58. The zero-order chi connectivity index (χ0) is 8.27. The van der Waals surface area contributed by atoms with Crippen LogP contribution in [0.25, 0.3) is 6.08 Å². The summed E-state index contributed by atoms with van der Waals surface area (Å²) in [6.45, 7) is 3.76. The van der Waals surface area contributed by atoms with E-state index in [-0.39, 0.29) is 6.04 Å². The lowest BCUT2D eigenvalue weighted by molar-refractivity contribution is 0.396. The second-order valence-corrected chi connectivity index (χ2v) is 2.58. The predicted molar refractivity (Wildman–Crippen MR) is 43.9 cm³/mol. The van der Waals surface area contributed by atoms with Gasteiger partial charge in [0, 0.05) is 12.1 Å². The highest BCUT2D eigenvalue weighted by atomic mass is 16.5. The lowest BCUT2D eigenvalue weighted by atomic mass is 10.3. The van der Waals surface area contributed by atoms with Crippen molar-refractivity contribution in [2.24, 2.45) is 5.73 Å². The van der Waals surface area contributed by atoms with E-state index in [9.17, 15) is 0 Å². The van der Waals surface area contributed by atoms with E-state index in [0.29, 0.717) is 0 Å². The molecule has 1 heterocycles. The average molecular weight is 152 g/mol. The van der Waals surface area contributed by atoms with Gasteiger partial charge in [-0.15, -0.1) is 0 Å². The predicted octanol–water partition coefficient (Wildman–Crippen LogP) is 1.34. The number of aryl methyl sites for hydroxylation is 1. The van der Waals surface area contributed by atoms with Gasteiger partial charge in [0.2, 0.25) is 0 Å².